The average molecular weight is 299 g/mol. The molecule has 0 amide bonds. The van der Waals surface area contributed by atoms with Crippen LogP contribution >= 0.6 is 0 Å². The van der Waals surface area contributed by atoms with Gasteiger partial charge in [0.25, 0.3) is 5.69 Å². The van der Waals surface area contributed by atoms with Gasteiger partial charge in [-0.3, -0.25) is 10.1 Å². The quantitative estimate of drug-likeness (QED) is 0.638. The van der Waals surface area contributed by atoms with Crippen molar-refractivity contribution >= 4 is 21.4 Å². The number of hydrogen-bond donors (Lipinski definition) is 2. The van der Waals surface area contributed by atoms with Crippen molar-refractivity contribution in [2.45, 2.75) is 36.6 Å². The maximum Gasteiger partial charge on any atom is 0.293 e. The highest BCUT2D eigenvalue weighted by atomic mass is 32.2. The van der Waals surface area contributed by atoms with Crippen molar-refractivity contribution in [2.24, 2.45) is 0 Å². The summed E-state index contributed by atoms with van der Waals surface area (Å²) in [4.78, 5) is 10.4. The average Bonchev–Trinajstić information content (AvgIpc) is 2.91. The Labute approximate surface area is 117 Å². The van der Waals surface area contributed by atoms with Crippen molar-refractivity contribution in [1.82, 2.24) is 4.72 Å². The van der Waals surface area contributed by atoms with Gasteiger partial charge in [0.2, 0.25) is 10.0 Å². The zero-order chi connectivity index (χ0) is 14.8. The van der Waals surface area contributed by atoms with Gasteiger partial charge in [0, 0.05) is 12.1 Å². The molecule has 0 heterocycles. The number of hydrogen-bond acceptors (Lipinski definition) is 5. The highest BCUT2D eigenvalue weighted by Gasteiger charge is 2.23. The molecular weight excluding hydrogens is 282 g/mol. The second kappa shape index (κ2) is 5.76. The van der Waals surface area contributed by atoms with E-state index in [2.05, 4.69) is 10.0 Å². The standard InChI is InChI=1S/C12H17N3O4S/c1-13-20(18,19)10-6-7-11(12(8-10)15(16)17)14-9-4-2-3-5-9/h6-9,13-14H,2-5H2,1H3. The van der Waals surface area contributed by atoms with Crippen LogP contribution in [0.3, 0.4) is 0 Å². The van der Waals surface area contributed by atoms with Gasteiger partial charge in [-0.1, -0.05) is 12.8 Å². The van der Waals surface area contributed by atoms with Crippen LogP contribution < -0.4 is 10.0 Å². The van der Waals surface area contributed by atoms with Crippen LogP contribution in [-0.4, -0.2) is 26.4 Å². The molecule has 1 aromatic carbocycles. The first-order valence-corrected chi connectivity index (χ1v) is 7.91. The fourth-order valence-corrected chi connectivity index (χ4v) is 3.11. The van der Waals surface area contributed by atoms with E-state index in [0.717, 1.165) is 31.7 Å². The number of rotatable bonds is 5. The van der Waals surface area contributed by atoms with Crippen LogP contribution in [0.1, 0.15) is 25.7 Å². The van der Waals surface area contributed by atoms with E-state index in [4.69, 9.17) is 0 Å². The second-order valence-electron chi connectivity index (χ2n) is 4.77. The summed E-state index contributed by atoms with van der Waals surface area (Å²) in [7, 11) is -2.41. The van der Waals surface area contributed by atoms with E-state index < -0.39 is 14.9 Å². The Morgan fingerprint density at radius 3 is 2.50 bits per heavy atom. The number of nitro benzene ring substituents is 1. The molecule has 20 heavy (non-hydrogen) atoms. The summed E-state index contributed by atoms with van der Waals surface area (Å²) in [5.41, 5.74) is 0.158. The van der Waals surface area contributed by atoms with Gasteiger partial charge in [0.1, 0.15) is 5.69 Å². The molecular formula is C12H17N3O4S. The number of nitrogens with zero attached hydrogens (tertiary/aromatic N) is 1. The van der Waals surface area contributed by atoms with Crippen molar-refractivity contribution in [3.05, 3.63) is 28.3 Å². The van der Waals surface area contributed by atoms with Crippen LogP contribution in [0.25, 0.3) is 0 Å². The Morgan fingerprint density at radius 1 is 1.30 bits per heavy atom. The Balaban J connectivity index is 2.35. The van der Waals surface area contributed by atoms with Gasteiger partial charge >= 0.3 is 0 Å². The van der Waals surface area contributed by atoms with Crippen molar-refractivity contribution in [1.29, 1.82) is 0 Å². The highest BCUT2D eigenvalue weighted by Crippen LogP contribution is 2.30. The van der Waals surface area contributed by atoms with Crippen LogP contribution in [0.5, 0.6) is 0 Å². The van der Waals surface area contributed by atoms with Crippen LogP contribution in [-0.2, 0) is 10.0 Å². The Hall–Kier alpha value is -1.67. The first kappa shape index (κ1) is 14.7. The third-order valence-electron chi connectivity index (χ3n) is 3.46. The fraction of sp³-hybridized carbons (Fsp3) is 0.500. The molecule has 0 saturated heterocycles. The van der Waals surface area contributed by atoms with Gasteiger partial charge in [-0.15, -0.1) is 0 Å². The molecule has 1 aromatic rings. The monoisotopic (exact) mass is 299 g/mol. The minimum atomic E-state index is -3.68. The lowest BCUT2D eigenvalue weighted by Crippen LogP contribution is -2.19. The summed E-state index contributed by atoms with van der Waals surface area (Å²) in [5, 5.41) is 14.2. The van der Waals surface area contributed by atoms with Crippen LogP contribution in [0.4, 0.5) is 11.4 Å². The normalized spacial score (nSPS) is 16.2. The molecule has 1 aliphatic carbocycles. The number of benzene rings is 1. The summed E-state index contributed by atoms with van der Waals surface area (Å²) in [5.74, 6) is 0. The first-order valence-electron chi connectivity index (χ1n) is 6.42. The summed E-state index contributed by atoms with van der Waals surface area (Å²) >= 11 is 0. The van der Waals surface area contributed by atoms with E-state index in [-0.39, 0.29) is 16.6 Å². The second-order valence-corrected chi connectivity index (χ2v) is 6.66. The topological polar surface area (TPSA) is 101 Å². The van der Waals surface area contributed by atoms with Crippen molar-refractivity contribution < 1.29 is 13.3 Å². The lowest BCUT2D eigenvalue weighted by Gasteiger charge is -2.14. The molecule has 1 saturated carbocycles. The smallest absolute Gasteiger partial charge is 0.293 e. The summed E-state index contributed by atoms with van der Waals surface area (Å²) in [6.45, 7) is 0. The Morgan fingerprint density at radius 2 is 1.95 bits per heavy atom. The molecule has 0 unspecified atom stereocenters. The highest BCUT2D eigenvalue weighted by molar-refractivity contribution is 7.89. The largest absolute Gasteiger partial charge is 0.377 e. The Bertz CT molecular complexity index is 609. The van der Waals surface area contributed by atoms with E-state index in [1.807, 2.05) is 0 Å². The summed E-state index contributed by atoms with van der Waals surface area (Å²) < 4.78 is 25.5. The predicted molar refractivity (Wildman–Crippen MR) is 75.2 cm³/mol. The molecule has 8 heteroatoms. The third-order valence-corrected chi connectivity index (χ3v) is 4.87. The van der Waals surface area contributed by atoms with Crippen molar-refractivity contribution in [3.8, 4) is 0 Å². The molecule has 7 nitrogen and oxygen atoms in total. The third kappa shape index (κ3) is 3.07. The molecule has 0 aliphatic heterocycles. The van der Waals surface area contributed by atoms with Crippen molar-refractivity contribution in [3.63, 3.8) is 0 Å². The molecule has 0 bridgehead atoms. The lowest BCUT2D eigenvalue weighted by molar-refractivity contribution is -0.384. The Kier molecular flexibility index (Phi) is 4.24. The molecule has 110 valence electrons. The maximum atomic E-state index is 11.7. The lowest BCUT2D eigenvalue weighted by atomic mass is 10.2. The number of sulfonamides is 1. The maximum absolute atomic E-state index is 11.7. The molecule has 0 atom stereocenters. The summed E-state index contributed by atoms with van der Waals surface area (Å²) in [6.07, 6.45) is 4.18. The zero-order valence-corrected chi connectivity index (χ0v) is 11.9. The van der Waals surface area contributed by atoms with Gasteiger partial charge in [0.05, 0.1) is 9.82 Å². The molecule has 1 fully saturated rings. The van der Waals surface area contributed by atoms with Gasteiger partial charge < -0.3 is 5.32 Å². The molecule has 0 spiro atoms. The zero-order valence-electron chi connectivity index (χ0n) is 11.1. The molecule has 1 aliphatic rings. The minimum absolute atomic E-state index is 0.108. The van der Waals surface area contributed by atoms with Gasteiger partial charge in [0.15, 0.2) is 0 Å². The van der Waals surface area contributed by atoms with E-state index >= 15 is 0 Å². The van der Waals surface area contributed by atoms with Gasteiger partial charge in [-0.05, 0) is 32.0 Å². The van der Waals surface area contributed by atoms with Crippen molar-refractivity contribution in [2.75, 3.05) is 12.4 Å². The summed E-state index contributed by atoms with van der Waals surface area (Å²) in [6, 6.07) is 4.14. The minimum Gasteiger partial charge on any atom is -0.377 e. The van der Waals surface area contributed by atoms with Crippen LogP contribution in [0.15, 0.2) is 23.1 Å². The molecule has 0 radical (unpaired) electrons. The SMILES string of the molecule is CNS(=O)(=O)c1ccc(NC2CCCC2)c([N+](=O)[O-])c1. The van der Waals surface area contributed by atoms with E-state index in [1.165, 1.54) is 19.2 Å². The van der Waals surface area contributed by atoms with Gasteiger partial charge in [-0.25, -0.2) is 13.1 Å². The van der Waals surface area contributed by atoms with E-state index in [9.17, 15) is 18.5 Å². The van der Waals surface area contributed by atoms with E-state index in [0.29, 0.717) is 5.69 Å². The van der Waals surface area contributed by atoms with Crippen LogP contribution in [0.2, 0.25) is 0 Å². The van der Waals surface area contributed by atoms with Gasteiger partial charge in [-0.2, -0.15) is 0 Å². The molecule has 2 N–H and O–H groups in total. The predicted octanol–water partition coefficient (Wildman–Crippen LogP) is 1.86. The molecule has 0 aromatic heterocycles. The van der Waals surface area contributed by atoms with Crippen LogP contribution in [0, 0.1) is 10.1 Å². The fourth-order valence-electron chi connectivity index (χ4n) is 2.36. The first-order chi connectivity index (χ1) is 9.44. The number of nitro groups is 1. The van der Waals surface area contributed by atoms with E-state index in [1.54, 1.807) is 0 Å². The number of anilines is 1. The molecule has 2 rings (SSSR count). The number of nitrogens with one attached hydrogen (secondary N) is 2.